The van der Waals surface area contributed by atoms with Crippen molar-refractivity contribution in [2.75, 3.05) is 77.0 Å². The van der Waals surface area contributed by atoms with E-state index in [1.807, 2.05) is 0 Å². The van der Waals surface area contributed by atoms with Gasteiger partial charge in [-0.05, 0) is 138 Å². The van der Waals surface area contributed by atoms with Gasteiger partial charge >= 0.3 is 10.4 Å². The number of hydrogen-bond acceptors (Lipinski definition) is 25. The summed E-state index contributed by atoms with van der Waals surface area (Å²) < 4.78 is 37.1. The van der Waals surface area contributed by atoms with Crippen molar-refractivity contribution < 1.29 is 91.9 Å². The molecule has 4 saturated heterocycles. The Morgan fingerprint density at radius 2 is 1.39 bits per heavy atom. The van der Waals surface area contributed by atoms with E-state index in [0.717, 1.165) is 88.5 Å². The highest BCUT2D eigenvalue weighted by Gasteiger charge is 2.50. The number of phenols is 1. The molecule has 31 nitrogen and oxygen atoms in total. The summed E-state index contributed by atoms with van der Waals surface area (Å²) in [5, 5.41) is 126. The number of amides is 6. The molecule has 0 radical (unpaired) electrons. The first-order valence-corrected chi connectivity index (χ1v) is 35.8. The van der Waals surface area contributed by atoms with E-state index in [-0.39, 0.29) is 37.0 Å². The lowest BCUT2D eigenvalue weighted by Gasteiger charge is -2.42. The van der Waals surface area contributed by atoms with Crippen molar-refractivity contribution in [1.82, 2.24) is 56.8 Å². The van der Waals surface area contributed by atoms with Crippen molar-refractivity contribution in [2.24, 2.45) is 17.8 Å². The molecule has 0 unspecified atom stereocenters. The maximum absolute atomic E-state index is 15.0. The van der Waals surface area contributed by atoms with E-state index in [4.69, 9.17) is 0 Å². The van der Waals surface area contributed by atoms with Crippen molar-refractivity contribution >= 4 is 62.9 Å². The molecule has 13 atom stereocenters. The SMILES string of the molecule is C[C@@H](O)[C@@H]1NC(=O)[C@@H](NC[C@H]2CC[C@H](c3nnc(-c4ccc(N5CCN([C@H]6CC[C@@H](C)CC6)CC5)cc4)s3)CC2)C[C@@H](O)CNC(=O)[C@@H]2[C@@H](O)[C@@H](C)CN2C(=O)[C@H]([C@H](O)CCNC(CO)CO)NC(=O)[C@H]([C@H](O)Cc2ccc(O)c(OS(=O)(=O)O)c2)NC(=O)[C@@H]2C[C@@H](O)CN2C1=O. The molecule has 0 spiro atoms. The quantitative estimate of drug-likeness (QED) is 0.0508. The molecule has 9 rings (SSSR count). The molecule has 2 aliphatic carbocycles. The van der Waals surface area contributed by atoms with Crippen LogP contribution in [0.2, 0.25) is 0 Å². The number of phenolic OH excluding ortho intramolecular Hbond substituents is 1. The minimum Gasteiger partial charge on any atom is -0.504 e. The Bertz CT molecular complexity index is 3270. The van der Waals surface area contributed by atoms with Gasteiger partial charge in [0, 0.05) is 87.8 Å². The van der Waals surface area contributed by atoms with Gasteiger partial charge in [-0.2, -0.15) is 8.42 Å². The lowest BCUT2D eigenvalue weighted by molar-refractivity contribution is -0.147. The molecule has 5 heterocycles. The van der Waals surface area contributed by atoms with Gasteiger partial charge in [0.15, 0.2) is 11.5 Å². The van der Waals surface area contributed by atoms with E-state index in [0.29, 0.717) is 18.9 Å². The normalized spacial score (nSPS) is 30.5. The van der Waals surface area contributed by atoms with Gasteiger partial charge in [-0.15, -0.1) is 10.2 Å². The van der Waals surface area contributed by atoms with Crippen LogP contribution >= 0.6 is 11.3 Å². The Kier molecular flexibility index (Phi) is 26.0. The maximum Gasteiger partial charge on any atom is 0.446 e. The molecule has 3 aromatic rings. The van der Waals surface area contributed by atoms with E-state index in [1.165, 1.54) is 45.2 Å². The number of fused-ring (bicyclic) bond motifs is 2. The first-order valence-electron chi connectivity index (χ1n) is 33.7. The minimum atomic E-state index is -5.22. The summed E-state index contributed by atoms with van der Waals surface area (Å²) in [6.07, 6.45) is -4.10. The average Bonchev–Trinajstić information content (AvgIpc) is 1.69. The summed E-state index contributed by atoms with van der Waals surface area (Å²) in [7, 11) is -5.22. The highest BCUT2D eigenvalue weighted by Crippen LogP contribution is 2.39. The highest BCUT2D eigenvalue weighted by molar-refractivity contribution is 7.81. The third-order valence-electron chi connectivity index (χ3n) is 20.0. The van der Waals surface area contributed by atoms with Crippen LogP contribution in [0.5, 0.6) is 11.5 Å². The predicted octanol–water partition coefficient (Wildman–Crippen LogP) is -2.79. The Balaban J connectivity index is 0.927. The molecule has 16 N–H and O–H groups in total. The van der Waals surface area contributed by atoms with Gasteiger partial charge in [-0.3, -0.25) is 38.2 Å². The van der Waals surface area contributed by atoms with Gasteiger partial charge in [0.1, 0.15) is 40.2 Å². The number of β-amino-alcohol motifs (C(OH)–C–C–N with tert-alkyl or cyclic N) is 1. The van der Waals surface area contributed by atoms with E-state index >= 15 is 0 Å². The van der Waals surface area contributed by atoms with Gasteiger partial charge in [-0.25, -0.2) is 0 Å². The average molecular weight is 1400 g/mol. The topological polar surface area (TPSA) is 459 Å². The summed E-state index contributed by atoms with van der Waals surface area (Å²) in [6.45, 7) is 6.66. The summed E-state index contributed by atoms with van der Waals surface area (Å²) in [5.41, 5.74) is 2.08. The standard InChI is InChI=1S/C64H96N12O19S2/c1-34-4-13-42(14-5-34)73-20-22-74(23-21-73)43-15-11-40(12-16-43)62-72-71-61(96-62)39-9-6-37(7-10-39)28-66-46-26-44(80)29-67-60(89)55-56(85)35(2)30-76(55)64(91)54(49(83)18-19-65-41(32-77)33-78)70-59(88)53(50(84)24-38-8-17-48(82)51(25-38)95-97(92,93)94)69-58(87)47-27-45(81)31-75(47)63(90)52(36(3)79)68-57(46)86/h8,11-12,15-17,25,34-37,39,41-42,44-47,49-50,52-56,65-66,77-85H,4-7,9-10,13-14,18-24,26-33H2,1-3H3,(H,67,89)(H,68,86)(H,69,87)(H,70,88)(H,92,93,94)/t34-,35-,36+,37-,39-,42+,44+,45+,46-,47-,49+,50+,52-,53-,54-,55-,56-/m0/s1. The number of aliphatic hydroxyl groups is 8. The van der Waals surface area contributed by atoms with E-state index < -0.39 is 194 Å². The van der Waals surface area contributed by atoms with E-state index in [1.54, 1.807) is 11.3 Å². The fourth-order valence-electron chi connectivity index (χ4n) is 14.2. The Hall–Kier alpha value is -6.31. The lowest BCUT2D eigenvalue weighted by Crippen LogP contribution is -2.64. The van der Waals surface area contributed by atoms with Crippen molar-refractivity contribution in [3.63, 3.8) is 0 Å². The predicted molar refractivity (Wildman–Crippen MR) is 352 cm³/mol. The molecule has 6 amide bonds. The number of benzene rings is 2. The molecular formula is C64H96N12O19S2. The number of aromatic nitrogens is 2. The first kappa shape index (κ1) is 74.9. The van der Waals surface area contributed by atoms with Crippen LogP contribution < -0.4 is 41.0 Å². The second-order valence-electron chi connectivity index (χ2n) is 27.2. The molecule has 1 aromatic heterocycles. The molecule has 0 bridgehead atoms. The largest absolute Gasteiger partial charge is 0.504 e. The minimum absolute atomic E-state index is 0.00565. The molecule has 2 saturated carbocycles. The van der Waals surface area contributed by atoms with Crippen LogP contribution in [-0.4, -0.2) is 276 Å². The van der Waals surface area contributed by atoms with E-state index in [9.17, 15) is 87.7 Å². The molecule has 2 aromatic carbocycles. The monoisotopic (exact) mass is 1400 g/mol. The van der Waals surface area contributed by atoms with Crippen molar-refractivity contribution in [3.05, 3.63) is 53.0 Å². The Labute approximate surface area is 567 Å². The summed E-state index contributed by atoms with van der Waals surface area (Å²) in [5.74, 6) is -8.17. The molecular weight excluding hydrogens is 1300 g/mol. The van der Waals surface area contributed by atoms with E-state index in [2.05, 4.69) is 87.3 Å². The van der Waals surface area contributed by atoms with Crippen LogP contribution in [0.3, 0.4) is 0 Å². The molecule has 4 aliphatic heterocycles. The fourth-order valence-corrected chi connectivity index (χ4v) is 15.6. The zero-order chi connectivity index (χ0) is 70.0. The number of anilines is 1. The maximum atomic E-state index is 15.0. The molecule has 97 heavy (non-hydrogen) atoms. The number of nitrogens with zero attached hydrogens (tertiary/aromatic N) is 6. The Morgan fingerprint density at radius 3 is 2.05 bits per heavy atom. The lowest BCUT2D eigenvalue weighted by atomic mass is 9.82. The molecule has 6 aliphatic rings. The van der Waals surface area contributed by atoms with Crippen LogP contribution in [0.4, 0.5) is 5.69 Å². The zero-order valence-corrected chi connectivity index (χ0v) is 56.5. The van der Waals surface area contributed by atoms with Crippen LogP contribution in [0.25, 0.3) is 10.6 Å². The van der Waals surface area contributed by atoms with Crippen LogP contribution in [0, 0.1) is 17.8 Å². The highest BCUT2D eigenvalue weighted by atomic mass is 32.3. The van der Waals surface area contributed by atoms with Gasteiger partial charge in [0.25, 0.3) is 0 Å². The molecule has 538 valence electrons. The first-order chi connectivity index (χ1) is 46.2. The Morgan fingerprint density at radius 1 is 0.732 bits per heavy atom. The molecule has 6 fully saturated rings. The fraction of sp³-hybridized carbons (Fsp3) is 0.688. The smallest absolute Gasteiger partial charge is 0.446 e. The number of aliphatic hydroxyl groups excluding tert-OH is 8. The van der Waals surface area contributed by atoms with Gasteiger partial charge in [0.2, 0.25) is 35.4 Å². The van der Waals surface area contributed by atoms with Crippen LogP contribution in [0.1, 0.15) is 108 Å². The van der Waals surface area contributed by atoms with Crippen molar-refractivity contribution in [1.29, 1.82) is 0 Å². The van der Waals surface area contributed by atoms with Crippen LogP contribution in [-0.2, 0) is 45.6 Å². The third kappa shape index (κ3) is 19.4. The van der Waals surface area contributed by atoms with Gasteiger partial charge in [0.05, 0.1) is 61.9 Å². The zero-order valence-electron chi connectivity index (χ0n) is 54.8. The summed E-state index contributed by atoms with van der Waals surface area (Å²) >= 11 is 1.56. The number of carbonyl (C=O) groups excluding carboxylic acids is 6. The molecule has 33 heteroatoms. The van der Waals surface area contributed by atoms with Crippen molar-refractivity contribution in [3.8, 4) is 22.1 Å². The summed E-state index contributed by atoms with van der Waals surface area (Å²) in [4.78, 5) is 95.1. The van der Waals surface area contributed by atoms with Gasteiger partial charge < -0.3 is 96.7 Å². The summed E-state index contributed by atoms with van der Waals surface area (Å²) in [6, 6.07) is 0.435. The van der Waals surface area contributed by atoms with Crippen LogP contribution in [0.15, 0.2) is 42.5 Å². The number of nitrogens with one attached hydrogen (secondary N) is 6. The number of hydrogen-bond donors (Lipinski definition) is 16. The number of aromatic hydroxyl groups is 1. The number of carbonyl (C=O) groups is 6. The third-order valence-corrected chi connectivity index (χ3v) is 21.5. The second kappa shape index (κ2) is 33.7. The second-order valence-corrected chi connectivity index (χ2v) is 29.2. The van der Waals surface area contributed by atoms with Crippen molar-refractivity contribution in [2.45, 2.75) is 189 Å². The van der Waals surface area contributed by atoms with Gasteiger partial charge in [-0.1, -0.05) is 31.3 Å². The number of piperazine rings is 1. The number of rotatable bonds is 20.